The number of likely N-dealkylation sites (tertiary alicyclic amines) is 1. The third-order valence-electron chi connectivity index (χ3n) is 4.59. The first-order valence-corrected chi connectivity index (χ1v) is 7.24. The van der Waals surface area contributed by atoms with Crippen LogP contribution >= 0.6 is 0 Å². The number of hydrogen-bond acceptors (Lipinski definition) is 4. The van der Waals surface area contributed by atoms with Gasteiger partial charge in [0.25, 0.3) is 5.91 Å². The van der Waals surface area contributed by atoms with Crippen LogP contribution < -0.4 is 16.0 Å². The molecule has 0 aliphatic carbocycles. The number of nitrogens with zero attached hydrogens (tertiary/aromatic N) is 1. The Labute approximate surface area is 117 Å². The zero-order valence-corrected chi connectivity index (χ0v) is 11.4. The molecule has 20 heavy (non-hydrogen) atoms. The van der Waals surface area contributed by atoms with Gasteiger partial charge in [0, 0.05) is 19.6 Å². The molecule has 3 saturated heterocycles. The van der Waals surface area contributed by atoms with E-state index in [1.165, 1.54) is 0 Å². The highest BCUT2D eigenvalue weighted by Crippen LogP contribution is 2.27. The van der Waals surface area contributed by atoms with E-state index < -0.39 is 11.6 Å². The standard InChI is InChI=1S/C13H20N4O3/c18-10(9-2-1-5-14-8-9)17-6-3-13(4-7-17)11(19)15-12(20)16-13/h9,14H,1-8H2,(H2,15,16,19,20)/t9-/m0/s1. The number of carbonyl (C=O) groups is 3. The molecule has 3 fully saturated rings. The Morgan fingerprint density at radius 2 is 2.00 bits per heavy atom. The van der Waals surface area contributed by atoms with Crippen LogP contribution in [0, 0.1) is 5.92 Å². The molecule has 110 valence electrons. The molecule has 1 spiro atoms. The minimum absolute atomic E-state index is 0.0600. The highest BCUT2D eigenvalue weighted by atomic mass is 16.2. The molecule has 7 heteroatoms. The second kappa shape index (κ2) is 5.05. The summed E-state index contributed by atoms with van der Waals surface area (Å²) < 4.78 is 0. The lowest BCUT2D eigenvalue weighted by Gasteiger charge is -2.38. The highest BCUT2D eigenvalue weighted by Gasteiger charge is 2.48. The van der Waals surface area contributed by atoms with E-state index in [1.807, 2.05) is 4.90 Å². The number of piperidine rings is 2. The number of carbonyl (C=O) groups excluding carboxylic acids is 3. The van der Waals surface area contributed by atoms with Gasteiger partial charge in [-0.1, -0.05) is 0 Å². The summed E-state index contributed by atoms with van der Waals surface area (Å²) in [5, 5.41) is 8.24. The first-order chi connectivity index (χ1) is 9.61. The predicted molar refractivity (Wildman–Crippen MR) is 70.8 cm³/mol. The molecule has 0 unspecified atom stereocenters. The summed E-state index contributed by atoms with van der Waals surface area (Å²) in [4.78, 5) is 37.3. The van der Waals surface area contributed by atoms with Crippen LogP contribution in [-0.4, -0.2) is 54.5 Å². The fourth-order valence-corrected chi connectivity index (χ4v) is 3.31. The van der Waals surface area contributed by atoms with E-state index in [1.54, 1.807) is 0 Å². The number of hydrogen-bond donors (Lipinski definition) is 3. The van der Waals surface area contributed by atoms with Gasteiger partial charge in [-0.05, 0) is 32.2 Å². The second-order valence-electron chi connectivity index (χ2n) is 5.86. The Morgan fingerprint density at radius 1 is 1.25 bits per heavy atom. The molecule has 0 aromatic carbocycles. The second-order valence-corrected chi connectivity index (χ2v) is 5.86. The molecule has 0 saturated carbocycles. The van der Waals surface area contributed by atoms with Gasteiger partial charge in [0.2, 0.25) is 5.91 Å². The molecule has 7 nitrogen and oxygen atoms in total. The molecule has 0 aromatic heterocycles. The van der Waals surface area contributed by atoms with Crippen LogP contribution in [0.1, 0.15) is 25.7 Å². The van der Waals surface area contributed by atoms with Crippen molar-refractivity contribution in [3.05, 3.63) is 0 Å². The van der Waals surface area contributed by atoms with Gasteiger partial charge >= 0.3 is 6.03 Å². The Bertz CT molecular complexity index is 437. The van der Waals surface area contributed by atoms with Crippen LogP contribution in [0.4, 0.5) is 4.79 Å². The highest BCUT2D eigenvalue weighted by molar-refractivity contribution is 6.07. The van der Waals surface area contributed by atoms with E-state index in [9.17, 15) is 14.4 Å². The van der Waals surface area contributed by atoms with Crippen molar-refractivity contribution in [2.75, 3.05) is 26.2 Å². The van der Waals surface area contributed by atoms with Gasteiger partial charge in [0.05, 0.1) is 5.92 Å². The minimum Gasteiger partial charge on any atom is -0.342 e. The molecule has 3 heterocycles. The summed E-state index contributed by atoms with van der Waals surface area (Å²) in [6, 6.07) is -0.425. The maximum Gasteiger partial charge on any atom is 0.322 e. The zero-order chi connectivity index (χ0) is 14.2. The Balaban J connectivity index is 1.59. The van der Waals surface area contributed by atoms with Crippen molar-refractivity contribution in [3.63, 3.8) is 0 Å². The molecule has 0 radical (unpaired) electrons. The lowest BCUT2D eigenvalue weighted by molar-refractivity contribution is -0.139. The summed E-state index contributed by atoms with van der Waals surface area (Å²) in [6.07, 6.45) is 2.96. The molecule has 0 aromatic rings. The molecule has 3 aliphatic heterocycles. The van der Waals surface area contributed by atoms with Gasteiger partial charge in [-0.25, -0.2) is 4.79 Å². The fraction of sp³-hybridized carbons (Fsp3) is 0.769. The van der Waals surface area contributed by atoms with Crippen LogP contribution in [0.15, 0.2) is 0 Å². The molecule has 3 rings (SSSR count). The minimum atomic E-state index is -0.793. The van der Waals surface area contributed by atoms with Crippen LogP contribution in [0.5, 0.6) is 0 Å². The molecule has 0 bridgehead atoms. The van der Waals surface area contributed by atoms with Gasteiger partial charge in [-0.3, -0.25) is 14.9 Å². The van der Waals surface area contributed by atoms with Crippen LogP contribution in [-0.2, 0) is 9.59 Å². The van der Waals surface area contributed by atoms with Gasteiger partial charge in [0.1, 0.15) is 5.54 Å². The van der Waals surface area contributed by atoms with Crippen molar-refractivity contribution in [1.82, 2.24) is 20.9 Å². The topological polar surface area (TPSA) is 90.5 Å². The predicted octanol–water partition coefficient (Wildman–Crippen LogP) is -0.813. The average molecular weight is 280 g/mol. The smallest absolute Gasteiger partial charge is 0.322 e. The third kappa shape index (κ3) is 2.26. The quantitative estimate of drug-likeness (QED) is 0.548. The van der Waals surface area contributed by atoms with Crippen molar-refractivity contribution in [2.45, 2.75) is 31.2 Å². The van der Waals surface area contributed by atoms with Gasteiger partial charge < -0.3 is 15.5 Å². The monoisotopic (exact) mass is 280 g/mol. The fourth-order valence-electron chi connectivity index (χ4n) is 3.31. The summed E-state index contributed by atoms with van der Waals surface area (Å²) in [7, 11) is 0. The maximum atomic E-state index is 12.4. The number of amides is 4. The van der Waals surface area contributed by atoms with Crippen LogP contribution in [0.2, 0.25) is 0 Å². The number of nitrogens with one attached hydrogen (secondary N) is 3. The zero-order valence-electron chi connectivity index (χ0n) is 11.4. The Morgan fingerprint density at radius 3 is 2.55 bits per heavy atom. The molecule has 4 amide bonds. The van der Waals surface area contributed by atoms with E-state index in [4.69, 9.17) is 0 Å². The summed E-state index contributed by atoms with van der Waals surface area (Å²) in [6.45, 7) is 2.79. The van der Waals surface area contributed by atoms with E-state index in [0.717, 1.165) is 25.9 Å². The van der Waals surface area contributed by atoms with Crippen molar-refractivity contribution in [2.24, 2.45) is 5.92 Å². The average Bonchev–Trinajstić information content (AvgIpc) is 2.74. The summed E-state index contributed by atoms with van der Waals surface area (Å²) in [5.74, 6) is -0.0180. The van der Waals surface area contributed by atoms with Crippen LogP contribution in [0.3, 0.4) is 0 Å². The maximum absolute atomic E-state index is 12.4. The number of urea groups is 1. The van der Waals surface area contributed by atoms with Crippen LogP contribution in [0.25, 0.3) is 0 Å². The van der Waals surface area contributed by atoms with Crippen molar-refractivity contribution in [1.29, 1.82) is 0 Å². The third-order valence-corrected chi connectivity index (χ3v) is 4.59. The first kappa shape index (κ1) is 13.4. The van der Waals surface area contributed by atoms with Gasteiger partial charge in [-0.2, -0.15) is 0 Å². The number of rotatable bonds is 1. The van der Waals surface area contributed by atoms with E-state index in [-0.39, 0.29) is 17.7 Å². The lowest BCUT2D eigenvalue weighted by atomic mass is 9.86. The van der Waals surface area contributed by atoms with Gasteiger partial charge in [-0.15, -0.1) is 0 Å². The molecule has 1 atom stereocenters. The largest absolute Gasteiger partial charge is 0.342 e. The van der Waals surface area contributed by atoms with Crippen molar-refractivity contribution < 1.29 is 14.4 Å². The SMILES string of the molecule is O=C1NC(=O)C2(CCN(C(=O)[C@H]3CCCNC3)CC2)N1. The van der Waals surface area contributed by atoms with E-state index in [2.05, 4.69) is 16.0 Å². The van der Waals surface area contributed by atoms with Gasteiger partial charge in [0.15, 0.2) is 0 Å². The molecule has 3 N–H and O–H groups in total. The molecule has 3 aliphatic rings. The number of imide groups is 1. The van der Waals surface area contributed by atoms with E-state index in [0.29, 0.717) is 25.9 Å². The first-order valence-electron chi connectivity index (χ1n) is 7.24. The molecular weight excluding hydrogens is 260 g/mol. The normalized spacial score (nSPS) is 29.2. The summed E-state index contributed by atoms with van der Waals surface area (Å²) in [5.41, 5.74) is -0.793. The Kier molecular flexibility index (Phi) is 3.37. The lowest BCUT2D eigenvalue weighted by Crippen LogP contribution is -2.57. The summed E-state index contributed by atoms with van der Waals surface area (Å²) >= 11 is 0. The molecular formula is C13H20N4O3. The van der Waals surface area contributed by atoms with Crippen molar-refractivity contribution in [3.8, 4) is 0 Å². The van der Waals surface area contributed by atoms with E-state index >= 15 is 0 Å². The van der Waals surface area contributed by atoms with Crippen molar-refractivity contribution >= 4 is 17.8 Å². The Hall–Kier alpha value is -1.63.